The molecule has 0 radical (unpaired) electrons. The van der Waals surface area contributed by atoms with E-state index < -0.39 is 16.7 Å². The Morgan fingerprint density at radius 3 is 1.94 bits per heavy atom. The van der Waals surface area contributed by atoms with Crippen molar-refractivity contribution in [1.82, 2.24) is 9.78 Å². The predicted octanol–water partition coefficient (Wildman–Crippen LogP) is 1.54. The maximum absolute atomic E-state index is 12.6. The van der Waals surface area contributed by atoms with Crippen molar-refractivity contribution in [2.24, 2.45) is 10.2 Å². The fourth-order valence-electron chi connectivity index (χ4n) is 2.48. The summed E-state index contributed by atoms with van der Waals surface area (Å²) in [6.45, 7) is 3.37. The van der Waals surface area contributed by atoms with Crippen LogP contribution in [0.5, 0.6) is 5.88 Å². The van der Waals surface area contributed by atoms with Gasteiger partial charge in [-0.25, -0.2) is 4.68 Å². The van der Waals surface area contributed by atoms with Gasteiger partial charge in [-0.15, -0.1) is 0 Å². The van der Waals surface area contributed by atoms with Crippen molar-refractivity contribution < 1.29 is 46.4 Å². The molecule has 0 aliphatic rings. The summed E-state index contributed by atoms with van der Waals surface area (Å²) < 4.78 is 10.9. The molecular formula is C21H22MoN4O5S-6. The largest absolute Gasteiger partial charge is 2.00 e. The Hall–Kier alpha value is -2.65. The van der Waals surface area contributed by atoms with Gasteiger partial charge in [0.1, 0.15) is 0 Å². The topological polar surface area (TPSA) is 163 Å². The summed E-state index contributed by atoms with van der Waals surface area (Å²) in [5.74, 6) is -0.743. The van der Waals surface area contributed by atoms with Gasteiger partial charge in [0.05, 0.1) is 17.1 Å². The zero-order chi connectivity index (χ0) is 21.4. The van der Waals surface area contributed by atoms with Gasteiger partial charge in [0.25, 0.3) is 0 Å². The summed E-state index contributed by atoms with van der Waals surface area (Å²) in [5.41, 5.74) is 2.37. The molecular weight excluding hydrogens is 516 g/mol. The average Bonchev–Trinajstić information content (AvgIpc) is 3.01. The van der Waals surface area contributed by atoms with Gasteiger partial charge in [-0.1, -0.05) is 48.5 Å². The van der Waals surface area contributed by atoms with Crippen LogP contribution >= 0.6 is 0 Å². The van der Waals surface area contributed by atoms with E-state index in [0.29, 0.717) is 28.2 Å². The Morgan fingerprint density at radius 1 is 0.969 bits per heavy atom. The summed E-state index contributed by atoms with van der Waals surface area (Å²) in [4.78, 5) is 0. The predicted molar refractivity (Wildman–Crippen MR) is 114 cm³/mol. The molecule has 0 N–H and O–H groups in total. The van der Waals surface area contributed by atoms with Gasteiger partial charge in [0.2, 0.25) is 0 Å². The van der Waals surface area contributed by atoms with Crippen molar-refractivity contribution >= 4 is 22.4 Å². The number of hydrogen-bond acceptors (Lipinski definition) is 6. The Balaban J connectivity index is 0. The average molecular weight is 538 g/mol. The minimum atomic E-state index is -0.611. The minimum absolute atomic E-state index is 0. The summed E-state index contributed by atoms with van der Waals surface area (Å²) in [6.07, 6.45) is 3.28. The van der Waals surface area contributed by atoms with Gasteiger partial charge >= 0.3 is 0 Å². The van der Waals surface area contributed by atoms with E-state index in [-0.39, 0.29) is 37.9 Å². The molecule has 0 atom stereocenters. The van der Waals surface area contributed by atoms with Gasteiger partial charge in [-0.3, -0.25) is 4.21 Å². The van der Waals surface area contributed by atoms with Gasteiger partial charge in [-0.05, 0) is 31.5 Å². The van der Waals surface area contributed by atoms with Crippen LogP contribution in [0.1, 0.15) is 23.7 Å². The third-order valence-electron chi connectivity index (χ3n) is 3.69. The first kappa shape index (κ1) is 31.5. The van der Waals surface area contributed by atoms with E-state index in [1.807, 2.05) is 24.3 Å². The Labute approximate surface area is 203 Å². The molecule has 0 unspecified atom stereocenters. The van der Waals surface area contributed by atoms with Crippen molar-refractivity contribution in [2.75, 3.05) is 12.5 Å². The number of rotatable bonds is 4. The number of aromatic nitrogens is 2. The van der Waals surface area contributed by atoms with Gasteiger partial charge in [0, 0.05) is 61.7 Å². The van der Waals surface area contributed by atoms with Crippen LogP contribution < -0.4 is 10.2 Å². The summed E-state index contributed by atoms with van der Waals surface area (Å²) in [7, 11) is -0.611. The van der Waals surface area contributed by atoms with Crippen LogP contribution in [0, 0.1) is 6.92 Å². The molecule has 1 heterocycles. The van der Waals surface area contributed by atoms with Crippen LogP contribution in [0.15, 0.2) is 70.9 Å². The zero-order valence-electron chi connectivity index (χ0n) is 17.9. The number of aryl methyl sites for hydroxylation is 1. The van der Waals surface area contributed by atoms with Crippen LogP contribution in [0.25, 0.3) is 5.69 Å². The van der Waals surface area contributed by atoms with E-state index in [2.05, 4.69) is 15.3 Å². The molecule has 0 aliphatic heterocycles. The maximum atomic E-state index is 12.6. The second kappa shape index (κ2) is 15.2. The molecule has 174 valence electrons. The van der Waals surface area contributed by atoms with Crippen molar-refractivity contribution in [1.29, 1.82) is 0 Å². The van der Waals surface area contributed by atoms with Gasteiger partial charge in [0.15, 0.2) is 0 Å². The number of nitrogens with zero attached hydrogens (tertiary/aromatic N) is 4. The molecule has 0 amide bonds. The maximum Gasteiger partial charge on any atom is 0.0699 e. The third-order valence-corrected chi connectivity index (χ3v) is 3.69. The van der Waals surface area contributed by atoms with Crippen LogP contribution in [0.2, 0.25) is 0 Å². The van der Waals surface area contributed by atoms with Crippen molar-refractivity contribution in [3.8, 4) is 11.6 Å². The second-order valence-corrected chi connectivity index (χ2v) is 7.69. The smallest absolute Gasteiger partial charge is 0.0699 e. The Bertz CT molecular complexity index is 1040. The minimum Gasteiger partial charge on any atom is -2.00 e. The molecule has 0 saturated carbocycles. The molecule has 0 saturated heterocycles. The zero-order valence-corrected chi connectivity index (χ0v) is 20.7. The van der Waals surface area contributed by atoms with E-state index in [1.54, 1.807) is 62.8 Å². The fraction of sp³-hybridized carbons (Fsp3) is 0.190. The van der Waals surface area contributed by atoms with E-state index in [9.17, 15) is 14.4 Å². The number of hydrogen-bond donors (Lipinski definition) is 0. The van der Waals surface area contributed by atoms with E-state index >= 15 is 0 Å². The first-order valence-electron chi connectivity index (χ1n) is 8.73. The van der Waals surface area contributed by atoms with Crippen LogP contribution in [-0.2, 0) is 42.8 Å². The number of benzene rings is 2. The fourth-order valence-corrected chi connectivity index (χ4v) is 2.48. The van der Waals surface area contributed by atoms with Gasteiger partial charge < -0.3 is 21.2 Å². The van der Waals surface area contributed by atoms with Crippen molar-refractivity contribution in [3.63, 3.8) is 0 Å². The third kappa shape index (κ3) is 8.84. The van der Waals surface area contributed by atoms with E-state index in [4.69, 9.17) is 0 Å². The van der Waals surface area contributed by atoms with Crippen LogP contribution in [-0.4, -0.2) is 38.1 Å². The van der Waals surface area contributed by atoms with Crippen LogP contribution in [0.3, 0.4) is 0 Å². The Kier molecular flexibility index (Phi) is 15.0. The Morgan fingerprint density at radius 2 is 1.44 bits per heavy atom. The van der Waals surface area contributed by atoms with Crippen molar-refractivity contribution in [2.45, 2.75) is 13.8 Å². The first-order valence-corrected chi connectivity index (χ1v) is 10.7. The molecule has 11 heteroatoms. The van der Waals surface area contributed by atoms with Crippen LogP contribution in [0.4, 0.5) is 0 Å². The molecule has 1 aromatic heterocycles. The molecule has 2 aromatic carbocycles. The summed E-state index contributed by atoms with van der Waals surface area (Å²) in [5, 5.41) is 36.6. The summed E-state index contributed by atoms with van der Waals surface area (Å²) >= 11 is 0. The molecule has 0 spiro atoms. The monoisotopic (exact) mass is 540 g/mol. The van der Waals surface area contributed by atoms with Crippen molar-refractivity contribution in [3.05, 3.63) is 77.5 Å². The standard InChI is InChI=1S/C19H18N4O2.C2H6OS.Mo.2O/c1-13(20-21-18(24)15-9-5-3-6-10-15)17-14(2)22-23(19(17)25)16-11-7-4-8-12-16;1-4(2)3;;;/h3-12,25H,1-2H3,(H,21,24);1-2H3;;;/q;;;2*-2/p-2/b20-13+;;;;. The van der Waals surface area contributed by atoms with Gasteiger partial charge in [-0.2, -0.15) is 15.3 Å². The quantitative estimate of drug-likeness (QED) is 0.213. The molecule has 9 nitrogen and oxygen atoms in total. The molecule has 0 fully saturated rings. The SMILES string of the molecule is C/C(=N\N=C(/[O-])c1ccccc1)c1c(C)nn(-c2ccccc2)c1[O-].CS(C)=O.[Mo].[O-2].[O-2]. The number of para-hydroxylation sites is 1. The molecule has 3 aromatic rings. The van der Waals surface area contributed by atoms with E-state index in [0.717, 1.165) is 0 Å². The molecule has 32 heavy (non-hydrogen) atoms. The first-order chi connectivity index (χ1) is 13.8. The molecule has 3 rings (SSSR count). The molecule has 0 bridgehead atoms. The van der Waals surface area contributed by atoms with E-state index in [1.165, 1.54) is 4.68 Å². The normalized spacial score (nSPS) is 10.8. The second-order valence-electron chi connectivity index (χ2n) is 6.21. The summed E-state index contributed by atoms with van der Waals surface area (Å²) in [6, 6.07) is 17.8. The molecule has 0 aliphatic carbocycles.